The highest BCUT2D eigenvalue weighted by Gasteiger charge is 2.22. The van der Waals surface area contributed by atoms with E-state index in [0.29, 0.717) is 53.7 Å². The van der Waals surface area contributed by atoms with E-state index in [2.05, 4.69) is 20.4 Å². The van der Waals surface area contributed by atoms with Crippen LogP contribution in [0.25, 0.3) is 11.4 Å². The summed E-state index contributed by atoms with van der Waals surface area (Å²) < 4.78 is 5.19. The lowest BCUT2D eigenvalue weighted by atomic mass is 9.93. The number of fused-ring (bicyclic) bond motifs is 1. The van der Waals surface area contributed by atoms with E-state index >= 15 is 0 Å². The van der Waals surface area contributed by atoms with Crippen molar-refractivity contribution in [2.24, 2.45) is 0 Å². The van der Waals surface area contributed by atoms with E-state index in [4.69, 9.17) is 16.1 Å². The lowest BCUT2D eigenvalue weighted by Crippen LogP contribution is -2.32. The van der Waals surface area contributed by atoms with Crippen LogP contribution in [0.5, 0.6) is 0 Å². The monoisotopic (exact) mass is 412 g/mol. The van der Waals surface area contributed by atoms with E-state index < -0.39 is 11.5 Å². The number of amides is 1. The van der Waals surface area contributed by atoms with Crippen molar-refractivity contribution in [1.29, 1.82) is 0 Å². The maximum Gasteiger partial charge on any atom is 0.261 e. The minimum absolute atomic E-state index is 0.0582. The number of pyridine rings is 1. The lowest BCUT2D eigenvalue weighted by molar-refractivity contribution is 0.0952. The minimum atomic E-state index is -0.551. The minimum Gasteiger partial charge on any atom is -0.351 e. The number of carbonyl (C=O) groups is 2. The number of aromatic amines is 1. The SMILES string of the molecule is O=C1CCCc2[nH]c(=O)c(C(=O)NCCc3nc(-c4ccc(Cl)cc4)no3)cc21. The highest BCUT2D eigenvalue weighted by atomic mass is 35.5. The standard InChI is InChI=1S/C20H17ClN4O4/c21-12-6-4-11(5-7-12)18-24-17(29-25-18)8-9-22-19(27)14-10-13-15(23-20(14)28)2-1-3-16(13)26/h4-7,10H,1-3,8-9H2,(H,22,27)(H,23,28). The largest absolute Gasteiger partial charge is 0.351 e. The third kappa shape index (κ3) is 4.12. The molecule has 3 aromatic rings. The van der Waals surface area contributed by atoms with Gasteiger partial charge in [0.1, 0.15) is 5.56 Å². The first-order chi connectivity index (χ1) is 14.0. The quantitative estimate of drug-likeness (QED) is 0.664. The number of aromatic nitrogens is 3. The molecule has 148 valence electrons. The normalized spacial score (nSPS) is 13.2. The van der Waals surface area contributed by atoms with Crippen LogP contribution in [-0.2, 0) is 12.8 Å². The second-order valence-corrected chi connectivity index (χ2v) is 7.14. The Morgan fingerprint density at radius 3 is 2.79 bits per heavy atom. The summed E-state index contributed by atoms with van der Waals surface area (Å²) in [6.07, 6.45) is 2.06. The van der Waals surface area contributed by atoms with Gasteiger partial charge < -0.3 is 14.8 Å². The average Bonchev–Trinajstić information content (AvgIpc) is 3.17. The molecule has 2 heterocycles. The molecule has 1 aliphatic rings. The van der Waals surface area contributed by atoms with E-state index in [0.717, 1.165) is 5.56 Å². The smallest absolute Gasteiger partial charge is 0.261 e. The number of halogens is 1. The molecular weight excluding hydrogens is 396 g/mol. The Hall–Kier alpha value is -3.26. The van der Waals surface area contributed by atoms with Gasteiger partial charge in [-0.25, -0.2) is 0 Å². The van der Waals surface area contributed by atoms with E-state index in [1.54, 1.807) is 24.3 Å². The Labute approximate surface area is 170 Å². The van der Waals surface area contributed by atoms with Crippen LogP contribution in [0.2, 0.25) is 5.02 Å². The van der Waals surface area contributed by atoms with Gasteiger partial charge in [-0.05, 0) is 43.2 Å². The van der Waals surface area contributed by atoms with Gasteiger partial charge in [0.2, 0.25) is 11.7 Å². The number of nitrogens with zero attached hydrogens (tertiary/aromatic N) is 2. The molecule has 1 aromatic carbocycles. The molecule has 1 amide bonds. The van der Waals surface area contributed by atoms with Crippen molar-refractivity contribution >= 4 is 23.3 Å². The summed E-state index contributed by atoms with van der Waals surface area (Å²) in [6.45, 7) is 0.200. The molecule has 0 radical (unpaired) electrons. The van der Waals surface area contributed by atoms with Crippen LogP contribution in [0.15, 0.2) is 39.6 Å². The average molecular weight is 413 g/mol. The van der Waals surface area contributed by atoms with Crippen LogP contribution in [0, 0.1) is 0 Å². The molecule has 9 heteroatoms. The second-order valence-electron chi connectivity index (χ2n) is 6.71. The summed E-state index contributed by atoms with van der Waals surface area (Å²) in [5.41, 5.74) is 1.21. The Kier molecular flexibility index (Phi) is 5.26. The predicted molar refractivity (Wildman–Crippen MR) is 105 cm³/mol. The second kappa shape index (κ2) is 8.00. The Morgan fingerprint density at radius 1 is 1.21 bits per heavy atom. The molecule has 0 saturated heterocycles. The van der Waals surface area contributed by atoms with E-state index in [9.17, 15) is 14.4 Å². The van der Waals surface area contributed by atoms with Crippen LogP contribution in [0.4, 0.5) is 0 Å². The Bertz CT molecular complexity index is 1130. The molecule has 29 heavy (non-hydrogen) atoms. The molecule has 0 atom stereocenters. The van der Waals surface area contributed by atoms with Gasteiger partial charge in [0, 0.05) is 41.2 Å². The molecule has 0 aliphatic heterocycles. The fourth-order valence-electron chi connectivity index (χ4n) is 3.19. The maximum absolute atomic E-state index is 12.4. The number of aryl methyl sites for hydroxylation is 1. The van der Waals surface area contributed by atoms with Crippen LogP contribution in [0.3, 0.4) is 0 Å². The molecule has 0 bridgehead atoms. The predicted octanol–water partition coefficient (Wildman–Crippen LogP) is 2.57. The topological polar surface area (TPSA) is 118 Å². The lowest BCUT2D eigenvalue weighted by Gasteiger charge is -2.14. The number of hydrogen-bond acceptors (Lipinski definition) is 6. The van der Waals surface area contributed by atoms with Crippen LogP contribution < -0.4 is 10.9 Å². The molecule has 1 aliphatic carbocycles. The molecule has 0 fully saturated rings. The van der Waals surface area contributed by atoms with Crippen molar-refractivity contribution in [3.63, 3.8) is 0 Å². The summed E-state index contributed by atoms with van der Waals surface area (Å²) in [6, 6.07) is 8.41. The third-order valence-corrected chi connectivity index (χ3v) is 4.95. The van der Waals surface area contributed by atoms with Gasteiger partial charge in [0.25, 0.3) is 11.5 Å². The van der Waals surface area contributed by atoms with Crippen molar-refractivity contribution in [3.8, 4) is 11.4 Å². The maximum atomic E-state index is 12.4. The fraction of sp³-hybridized carbons (Fsp3) is 0.250. The van der Waals surface area contributed by atoms with Crippen molar-refractivity contribution < 1.29 is 14.1 Å². The molecule has 8 nitrogen and oxygen atoms in total. The van der Waals surface area contributed by atoms with Gasteiger partial charge >= 0.3 is 0 Å². The van der Waals surface area contributed by atoms with Gasteiger partial charge in [-0.2, -0.15) is 4.98 Å². The summed E-state index contributed by atoms with van der Waals surface area (Å²) in [7, 11) is 0. The van der Waals surface area contributed by atoms with Crippen molar-refractivity contribution in [2.75, 3.05) is 6.54 Å². The zero-order valence-corrected chi connectivity index (χ0v) is 16.1. The van der Waals surface area contributed by atoms with Crippen molar-refractivity contribution in [1.82, 2.24) is 20.4 Å². The number of Topliss-reactive ketones (excluding diaryl/α,β-unsaturated/α-hetero) is 1. The van der Waals surface area contributed by atoms with Crippen molar-refractivity contribution in [2.45, 2.75) is 25.7 Å². The van der Waals surface area contributed by atoms with Gasteiger partial charge in [0.05, 0.1) is 0 Å². The van der Waals surface area contributed by atoms with Gasteiger partial charge in [-0.1, -0.05) is 16.8 Å². The van der Waals surface area contributed by atoms with E-state index in [1.807, 2.05) is 0 Å². The zero-order chi connectivity index (χ0) is 20.4. The molecular formula is C20H17ClN4O4. The number of hydrogen-bond donors (Lipinski definition) is 2. The number of carbonyl (C=O) groups excluding carboxylic acids is 2. The van der Waals surface area contributed by atoms with E-state index in [1.165, 1.54) is 6.07 Å². The molecule has 0 spiro atoms. The third-order valence-electron chi connectivity index (χ3n) is 4.69. The summed E-state index contributed by atoms with van der Waals surface area (Å²) in [4.78, 5) is 43.5. The zero-order valence-electron chi connectivity index (χ0n) is 15.3. The van der Waals surface area contributed by atoms with Gasteiger partial charge in [0.15, 0.2) is 5.78 Å². The molecule has 4 rings (SSSR count). The Morgan fingerprint density at radius 2 is 2.00 bits per heavy atom. The highest BCUT2D eigenvalue weighted by Crippen LogP contribution is 2.19. The molecule has 0 saturated carbocycles. The number of benzene rings is 1. The molecule has 2 N–H and O–H groups in total. The van der Waals surface area contributed by atoms with Crippen molar-refractivity contribution in [3.05, 3.63) is 68.4 Å². The number of rotatable bonds is 5. The molecule has 0 unspecified atom stereocenters. The van der Waals surface area contributed by atoms with Crippen LogP contribution in [-0.4, -0.2) is 33.4 Å². The molecule has 2 aromatic heterocycles. The first-order valence-electron chi connectivity index (χ1n) is 9.17. The number of H-pyrrole nitrogens is 1. The first kappa shape index (κ1) is 19.1. The fourth-order valence-corrected chi connectivity index (χ4v) is 3.32. The summed E-state index contributed by atoms with van der Waals surface area (Å²) in [5.74, 6) is 0.166. The van der Waals surface area contributed by atoms with E-state index in [-0.39, 0.29) is 17.9 Å². The summed E-state index contributed by atoms with van der Waals surface area (Å²) >= 11 is 5.86. The summed E-state index contributed by atoms with van der Waals surface area (Å²) in [5, 5.41) is 7.17. The Balaban J connectivity index is 1.40. The van der Waals surface area contributed by atoms with Crippen LogP contribution in [0.1, 0.15) is 45.1 Å². The van der Waals surface area contributed by atoms with Gasteiger partial charge in [-0.3, -0.25) is 14.4 Å². The highest BCUT2D eigenvalue weighted by molar-refractivity contribution is 6.30. The number of ketones is 1. The van der Waals surface area contributed by atoms with Gasteiger partial charge in [-0.15, -0.1) is 0 Å². The number of nitrogens with one attached hydrogen (secondary N) is 2. The van der Waals surface area contributed by atoms with Crippen LogP contribution >= 0.6 is 11.6 Å². The first-order valence-corrected chi connectivity index (χ1v) is 9.55.